The number of piperazine rings is 1. The molecule has 0 spiro atoms. The van der Waals surface area contributed by atoms with E-state index >= 15 is 0 Å². The molecule has 0 radical (unpaired) electrons. The Balaban J connectivity index is 2.16. The number of nitrogens with one attached hydrogen (secondary N) is 1. The average Bonchev–Trinajstić information content (AvgIpc) is 2.86. The summed E-state index contributed by atoms with van der Waals surface area (Å²) in [5.41, 5.74) is 0. The van der Waals surface area contributed by atoms with Crippen molar-refractivity contribution in [1.29, 1.82) is 0 Å². The van der Waals surface area contributed by atoms with Crippen molar-refractivity contribution in [3.05, 3.63) is 40.7 Å². The highest BCUT2D eigenvalue weighted by atomic mass is 16.6. The Morgan fingerprint density at radius 2 is 2.28 bits per heavy atom. The number of hydrogen-bond acceptors (Lipinski definition) is 5. The first-order valence-corrected chi connectivity index (χ1v) is 6.02. The predicted octanol–water partition coefficient (Wildman–Crippen LogP) is 1.71. The fourth-order valence-electron chi connectivity index (χ4n) is 2.22. The highest BCUT2D eigenvalue weighted by molar-refractivity contribution is 5.20. The fraction of sp³-hybridized carbons (Fsp3) is 0.500. The lowest BCUT2D eigenvalue weighted by Crippen LogP contribution is -2.45. The topological polar surface area (TPSA) is 71.5 Å². The molecular formula is C12H17N3O3. The van der Waals surface area contributed by atoms with Crippen LogP contribution in [0.15, 0.2) is 29.2 Å². The van der Waals surface area contributed by atoms with Crippen molar-refractivity contribution in [2.45, 2.75) is 12.5 Å². The van der Waals surface area contributed by atoms with Crippen LogP contribution < -0.4 is 5.32 Å². The zero-order chi connectivity index (χ0) is 13.0. The maximum atomic E-state index is 10.6. The van der Waals surface area contributed by atoms with Gasteiger partial charge in [-0.05, 0) is 12.5 Å². The quantitative estimate of drug-likeness (QED) is 0.490. The van der Waals surface area contributed by atoms with Gasteiger partial charge in [-0.2, -0.15) is 0 Å². The molecule has 1 aromatic rings. The molecular weight excluding hydrogens is 234 g/mol. The molecule has 1 aromatic heterocycles. The molecule has 0 aromatic carbocycles. The second-order valence-electron chi connectivity index (χ2n) is 4.26. The van der Waals surface area contributed by atoms with E-state index < -0.39 is 4.92 Å². The lowest BCUT2D eigenvalue weighted by molar-refractivity contribution is -0.402. The Bertz CT molecular complexity index is 424. The Morgan fingerprint density at radius 1 is 1.56 bits per heavy atom. The largest absolute Gasteiger partial charge is 0.433 e. The fourth-order valence-corrected chi connectivity index (χ4v) is 2.22. The third-order valence-corrected chi connectivity index (χ3v) is 3.10. The van der Waals surface area contributed by atoms with Crippen molar-refractivity contribution in [3.63, 3.8) is 0 Å². The van der Waals surface area contributed by atoms with Gasteiger partial charge in [0.05, 0.1) is 12.1 Å². The lowest BCUT2D eigenvalue weighted by atomic mass is 10.1. The van der Waals surface area contributed by atoms with E-state index in [1.807, 2.05) is 6.08 Å². The highest BCUT2D eigenvalue weighted by Crippen LogP contribution is 2.29. The van der Waals surface area contributed by atoms with Crippen LogP contribution in [0.25, 0.3) is 0 Å². The van der Waals surface area contributed by atoms with Gasteiger partial charge >= 0.3 is 5.88 Å². The Morgan fingerprint density at radius 3 is 2.83 bits per heavy atom. The van der Waals surface area contributed by atoms with E-state index in [0.717, 1.165) is 32.6 Å². The summed E-state index contributed by atoms with van der Waals surface area (Å²) in [6, 6.07) is 3.14. The molecule has 1 N–H and O–H groups in total. The maximum absolute atomic E-state index is 10.6. The monoisotopic (exact) mass is 251 g/mol. The normalized spacial score (nSPS) is 18.4. The molecule has 0 unspecified atom stereocenters. The minimum atomic E-state index is -0.508. The summed E-state index contributed by atoms with van der Waals surface area (Å²) in [5, 5.41) is 13.9. The zero-order valence-electron chi connectivity index (χ0n) is 10.2. The van der Waals surface area contributed by atoms with Gasteiger partial charge in [0.15, 0.2) is 0 Å². The second kappa shape index (κ2) is 5.79. The predicted molar refractivity (Wildman–Crippen MR) is 67.4 cm³/mol. The molecule has 18 heavy (non-hydrogen) atoms. The second-order valence-corrected chi connectivity index (χ2v) is 4.26. The van der Waals surface area contributed by atoms with Crippen LogP contribution in [-0.4, -0.2) is 36.0 Å². The van der Waals surface area contributed by atoms with Crippen LogP contribution in [-0.2, 0) is 0 Å². The minimum Gasteiger partial charge on any atom is -0.404 e. The van der Waals surface area contributed by atoms with Crippen molar-refractivity contribution in [2.24, 2.45) is 0 Å². The van der Waals surface area contributed by atoms with Crippen LogP contribution in [0.4, 0.5) is 5.88 Å². The lowest BCUT2D eigenvalue weighted by Gasteiger charge is -2.33. The van der Waals surface area contributed by atoms with Crippen molar-refractivity contribution in [3.8, 4) is 0 Å². The SMILES string of the molecule is C=CC[C@H](c1ccc([N+](=O)[O-])o1)N1CCNCC1. The molecule has 98 valence electrons. The number of furan rings is 1. The maximum Gasteiger partial charge on any atom is 0.433 e. The Labute approximate surface area is 105 Å². The number of rotatable bonds is 5. The van der Waals surface area contributed by atoms with E-state index in [1.54, 1.807) is 6.07 Å². The summed E-state index contributed by atoms with van der Waals surface area (Å²) < 4.78 is 5.30. The van der Waals surface area contributed by atoms with Crippen LogP contribution in [0.1, 0.15) is 18.2 Å². The van der Waals surface area contributed by atoms with Crippen molar-refractivity contribution >= 4 is 5.88 Å². The van der Waals surface area contributed by atoms with Crippen LogP contribution in [0.5, 0.6) is 0 Å². The summed E-state index contributed by atoms with van der Waals surface area (Å²) in [6.07, 6.45) is 2.55. The van der Waals surface area contributed by atoms with E-state index in [1.165, 1.54) is 6.07 Å². The smallest absolute Gasteiger partial charge is 0.404 e. The number of hydrogen-bond donors (Lipinski definition) is 1. The van der Waals surface area contributed by atoms with Gasteiger partial charge in [-0.1, -0.05) is 6.08 Å². The Kier molecular flexibility index (Phi) is 4.11. The van der Waals surface area contributed by atoms with Crippen LogP contribution in [0, 0.1) is 10.1 Å². The molecule has 1 aliphatic rings. The summed E-state index contributed by atoms with van der Waals surface area (Å²) in [7, 11) is 0. The van der Waals surface area contributed by atoms with Gasteiger partial charge in [0.1, 0.15) is 10.7 Å². The summed E-state index contributed by atoms with van der Waals surface area (Å²) in [6.45, 7) is 7.42. The van der Waals surface area contributed by atoms with Gasteiger partial charge in [-0.15, -0.1) is 6.58 Å². The third kappa shape index (κ3) is 2.77. The van der Waals surface area contributed by atoms with E-state index in [0.29, 0.717) is 5.76 Å². The molecule has 0 amide bonds. The van der Waals surface area contributed by atoms with Crippen LogP contribution in [0.3, 0.4) is 0 Å². The van der Waals surface area contributed by atoms with E-state index in [4.69, 9.17) is 4.42 Å². The van der Waals surface area contributed by atoms with Gasteiger partial charge in [-0.3, -0.25) is 15.0 Å². The molecule has 1 atom stereocenters. The van der Waals surface area contributed by atoms with Gasteiger partial charge in [0.25, 0.3) is 0 Å². The first kappa shape index (κ1) is 12.8. The summed E-state index contributed by atoms with van der Waals surface area (Å²) in [4.78, 5) is 12.4. The molecule has 1 aliphatic heterocycles. The molecule has 1 saturated heterocycles. The molecule has 0 saturated carbocycles. The van der Waals surface area contributed by atoms with E-state index in [2.05, 4.69) is 16.8 Å². The van der Waals surface area contributed by atoms with Crippen LogP contribution in [0.2, 0.25) is 0 Å². The Hall–Kier alpha value is -1.66. The molecule has 2 rings (SSSR count). The average molecular weight is 251 g/mol. The number of nitrogens with zero attached hydrogens (tertiary/aromatic N) is 2. The molecule has 6 heteroatoms. The molecule has 1 fully saturated rings. The molecule has 0 aliphatic carbocycles. The third-order valence-electron chi connectivity index (χ3n) is 3.10. The van der Waals surface area contributed by atoms with E-state index in [-0.39, 0.29) is 11.9 Å². The van der Waals surface area contributed by atoms with Gasteiger partial charge in [0, 0.05) is 26.2 Å². The minimum absolute atomic E-state index is 0.0401. The zero-order valence-corrected chi connectivity index (χ0v) is 10.2. The number of nitro groups is 1. The van der Waals surface area contributed by atoms with Crippen molar-refractivity contribution < 1.29 is 9.34 Å². The first-order chi connectivity index (χ1) is 8.72. The molecule has 6 nitrogen and oxygen atoms in total. The standard InChI is InChI=1S/C12H17N3O3/c1-2-3-10(14-8-6-13-7-9-14)11-4-5-12(18-11)15(16)17/h2,4-5,10,13H,1,3,6-9H2/t10-/m1/s1. The van der Waals surface area contributed by atoms with Gasteiger partial charge in [-0.25, -0.2) is 0 Å². The van der Waals surface area contributed by atoms with Crippen LogP contribution >= 0.6 is 0 Å². The molecule has 2 heterocycles. The van der Waals surface area contributed by atoms with Gasteiger partial charge in [0.2, 0.25) is 0 Å². The summed E-state index contributed by atoms with van der Waals surface area (Å²) in [5.74, 6) is 0.442. The van der Waals surface area contributed by atoms with Gasteiger partial charge < -0.3 is 9.73 Å². The highest BCUT2D eigenvalue weighted by Gasteiger charge is 2.25. The van der Waals surface area contributed by atoms with Crippen molar-refractivity contribution in [1.82, 2.24) is 10.2 Å². The van der Waals surface area contributed by atoms with Crippen molar-refractivity contribution in [2.75, 3.05) is 26.2 Å². The van der Waals surface area contributed by atoms with E-state index in [9.17, 15) is 10.1 Å². The summed E-state index contributed by atoms with van der Waals surface area (Å²) >= 11 is 0. The molecule has 0 bridgehead atoms. The first-order valence-electron chi connectivity index (χ1n) is 6.02.